The Hall–Kier alpha value is -1.39. The third-order valence-electron chi connectivity index (χ3n) is 6.09. The van der Waals surface area contributed by atoms with E-state index in [1.165, 1.54) is 75.3 Å². The zero-order chi connectivity index (χ0) is 23.2. The lowest BCUT2D eigenvalue weighted by atomic mass is 10.0. The van der Waals surface area contributed by atoms with Crippen molar-refractivity contribution in [2.24, 2.45) is 0 Å². The van der Waals surface area contributed by atoms with Crippen molar-refractivity contribution in [3.8, 4) is 11.5 Å². The summed E-state index contributed by atoms with van der Waals surface area (Å²) >= 11 is 5.84. The van der Waals surface area contributed by atoms with Gasteiger partial charge in [-0.2, -0.15) is 0 Å². The number of hydrogen-bond acceptors (Lipinski definition) is 3. The van der Waals surface area contributed by atoms with Crippen LogP contribution in [0.25, 0.3) is 0 Å². The highest BCUT2D eigenvalue weighted by molar-refractivity contribution is 8.29. The zero-order valence-electron chi connectivity index (χ0n) is 20.1. The summed E-state index contributed by atoms with van der Waals surface area (Å²) in [6.45, 7) is 4.48. The number of aromatic hydroxyl groups is 2. The summed E-state index contributed by atoms with van der Waals surface area (Å²) in [4.78, 5) is 1.52. The van der Waals surface area contributed by atoms with E-state index in [1.807, 2.05) is 12.1 Å². The third kappa shape index (κ3) is 9.23. The van der Waals surface area contributed by atoms with Crippen molar-refractivity contribution in [2.75, 3.05) is 0 Å². The molecule has 0 aromatic heterocycles. The van der Waals surface area contributed by atoms with Crippen molar-refractivity contribution in [3.05, 3.63) is 47.5 Å². The molecule has 0 aliphatic rings. The lowest BCUT2D eigenvalue weighted by Gasteiger charge is -2.13. The van der Waals surface area contributed by atoms with Gasteiger partial charge < -0.3 is 10.2 Å². The second kappa shape index (κ2) is 15.4. The fraction of sp³-hybridized carbons (Fsp3) is 0.571. The fourth-order valence-corrected chi connectivity index (χ4v) is 6.13. The SMILES string of the molecule is CCCCCCCCc1ccc(O)c(S(=S)c2cc(CCCCCCCC)ccc2O)c1. The maximum absolute atomic E-state index is 10.5. The van der Waals surface area contributed by atoms with Gasteiger partial charge >= 0.3 is 0 Å². The van der Waals surface area contributed by atoms with Crippen molar-refractivity contribution in [1.29, 1.82) is 0 Å². The molecule has 0 fully saturated rings. The Labute approximate surface area is 203 Å². The molecule has 0 unspecified atom stereocenters. The molecule has 2 nitrogen and oxygen atoms in total. The van der Waals surface area contributed by atoms with Gasteiger partial charge in [0.2, 0.25) is 0 Å². The second-order valence-corrected chi connectivity index (χ2v) is 11.3. The average molecular weight is 475 g/mol. The largest absolute Gasteiger partial charge is 0.507 e. The Balaban J connectivity index is 2.00. The lowest BCUT2D eigenvalue weighted by molar-refractivity contribution is 0.459. The summed E-state index contributed by atoms with van der Waals surface area (Å²) in [5, 5.41) is 21.0. The number of benzene rings is 2. The minimum absolute atomic E-state index is 0.232. The summed E-state index contributed by atoms with van der Waals surface area (Å²) in [6.07, 6.45) is 17.3. The number of unbranched alkanes of at least 4 members (excludes halogenated alkanes) is 10. The molecule has 2 rings (SSSR count). The van der Waals surface area contributed by atoms with E-state index in [2.05, 4.69) is 26.0 Å². The standard InChI is InChI=1S/C28H42O2S2/c1-3-5-7-9-11-13-15-23-17-19-25(29)27(21-23)32(31)28-22-24(18-20-26(28)30)16-14-12-10-8-6-4-2/h17-22,29-30H,3-16H2,1-2H3. The Morgan fingerprint density at radius 2 is 0.969 bits per heavy atom. The predicted octanol–water partition coefficient (Wildman–Crippen LogP) is 8.40. The van der Waals surface area contributed by atoms with Gasteiger partial charge in [0.15, 0.2) is 0 Å². The smallest absolute Gasteiger partial charge is 0.129 e. The minimum Gasteiger partial charge on any atom is -0.507 e. The van der Waals surface area contributed by atoms with E-state index in [-0.39, 0.29) is 11.5 Å². The lowest BCUT2D eigenvalue weighted by Crippen LogP contribution is -1.97. The second-order valence-electron chi connectivity index (χ2n) is 8.91. The Morgan fingerprint density at radius 3 is 1.38 bits per heavy atom. The molecule has 0 saturated heterocycles. The molecule has 0 saturated carbocycles. The molecule has 0 atom stereocenters. The van der Waals surface area contributed by atoms with E-state index in [0.717, 1.165) is 35.5 Å². The molecule has 0 heterocycles. The zero-order valence-corrected chi connectivity index (χ0v) is 21.7. The number of rotatable bonds is 16. The molecular formula is C28H42O2S2. The van der Waals surface area contributed by atoms with Crippen molar-refractivity contribution < 1.29 is 10.2 Å². The Morgan fingerprint density at radius 1 is 0.594 bits per heavy atom. The van der Waals surface area contributed by atoms with Crippen molar-refractivity contribution in [2.45, 2.75) is 114 Å². The average Bonchev–Trinajstić information content (AvgIpc) is 2.80. The van der Waals surface area contributed by atoms with Gasteiger partial charge in [-0.05, 0) is 72.3 Å². The molecule has 0 spiro atoms. The third-order valence-corrected chi connectivity index (χ3v) is 8.62. The molecule has 0 bridgehead atoms. The molecule has 0 radical (unpaired) electrons. The van der Waals surface area contributed by atoms with Gasteiger partial charge in [-0.3, -0.25) is 0 Å². The topological polar surface area (TPSA) is 40.5 Å². The summed E-state index contributed by atoms with van der Waals surface area (Å²) in [7, 11) is -0.780. The number of aryl methyl sites for hydroxylation is 2. The van der Waals surface area contributed by atoms with Gasteiger partial charge in [0, 0.05) is 0 Å². The highest BCUT2D eigenvalue weighted by Crippen LogP contribution is 2.32. The van der Waals surface area contributed by atoms with E-state index < -0.39 is 9.45 Å². The van der Waals surface area contributed by atoms with Crippen LogP contribution in [0.5, 0.6) is 11.5 Å². The van der Waals surface area contributed by atoms with E-state index in [4.69, 9.17) is 11.2 Å². The first-order valence-electron chi connectivity index (χ1n) is 12.6. The number of hydrogen-bond donors (Lipinski definition) is 2. The highest BCUT2D eigenvalue weighted by Gasteiger charge is 2.14. The molecule has 4 heteroatoms. The van der Waals surface area contributed by atoms with Crippen LogP contribution >= 0.6 is 0 Å². The van der Waals surface area contributed by atoms with Crippen LogP contribution in [-0.4, -0.2) is 10.2 Å². The van der Waals surface area contributed by atoms with E-state index in [0.29, 0.717) is 0 Å². The number of phenolic OH excluding ortho intramolecular Hbond substituents is 2. The summed E-state index contributed by atoms with van der Waals surface area (Å²) in [5.74, 6) is 0.464. The van der Waals surface area contributed by atoms with Crippen LogP contribution in [0.3, 0.4) is 0 Å². The van der Waals surface area contributed by atoms with Gasteiger partial charge in [0.1, 0.15) is 11.5 Å². The molecule has 0 aliphatic carbocycles. The fourth-order valence-electron chi connectivity index (χ4n) is 4.06. The van der Waals surface area contributed by atoms with Crippen LogP contribution in [0.2, 0.25) is 0 Å². The first kappa shape index (κ1) is 26.9. The molecule has 178 valence electrons. The quantitative estimate of drug-likeness (QED) is 0.240. The van der Waals surface area contributed by atoms with Gasteiger partial charge in [0.05, 0.1) is 9.79 Å². The van der Waals surface area contributed by atoms with Crippen LogP contribution in [0, 0.1) is 0 Å². The minimum atomic E-state index is -0.780. The van der Waals surface area contributed by atoms with E-state index in [1.54, 1.807) is 12.1 Å². The molecule has 32 heavy (non-hydrogen) atoms. The van der Waals surface area contributed by atoms with Gasteiger partial charge in [-0.1, -0.05) is 99.6 Å². The number of phenols is 2. The van der Waals surface area contributed by atoms with Crippen LogP contribution in [0.15, 0.2) is 46.2 Å². The van der Waals surface area contributed by atoms with Crippen molar-refractivity contribution in [1.82, 2.24) is 0 Å². The van der Waals surface area contributed by atoms with Gasteiger partial charge in [0.25, 0.3) is 0 Å². The molecular weight excluding hydrogens is 432 g/mol. The Kier molecular flexibility index (Phi) is 13.0. The summed E-state index contributed by atoms with van der Waals surface area (Å²) in [5.41, 5.74) is 2.44. The van der Waals surface area contributed by atoms with Crippen LogP contribution < -0.4 is 0 Å². The maximum atomic E-state index is 10.5. The van der Waals surface area contributed by atoms with Gasteiger partial charge in [-0.25, -0.2) is 0 Å². The molecule has 0 aliphatic heterocycles. The van der Waals surface area contributed by atoms with E-state index in [9.17, 15) is 10.2 Å². The monoisotopic (exact) mass is 474 g/mol. The highest BCUT2D eigenvalue weighted by atomic mass is 32.8. The van der Waals surface area contributed by atoms with Crippen molar-refractivity contribution >= 4 is 20.6 Å². The summed E-state index contributed by atoms with van der Waals surface area (Å²) in [6, 6.07) is 11.7. The van der Waals surface area contributed by atoms with Gasteiger partial charge in [-0.15, -0.1) is 0 Å². The first-order valence-corrected chi connectivity index (χ1v) is 14.8. The Bertz CT molecular complexity index is 765. The predicted molar refractivity (Wildman–Crippen MR) is 142 cm³/mol. The molecule has 2 aromatic rings. The van der Waals surface area contributed by atoms with Crippen LogP contribution in [-0.2, 0) is 33.5 Å². The first-order chi connectivity index (χ1) is 15.6. The maximum Gasteiger partial charge on any atom is 0.129 e. The van der Waals surface area contributed by atoms with E-state index >= 15 is 0 Å². The summed E-state index contributed by atoms with van der Waals surface area (Å²) < 4.78 is 0. The van der Waals surface area contributed by atoms with Crippen LogP contribution in [0.4, 0.5) is 0 Å². The molecule has 2 aromatic carbocycles. The van der Waals surface area contributed by atoms with Crippen LogP contribution in [0.1, 0.15) is 102 Å². The molecule has 2 N–H and O–H groups in total. The normalized spacial score (nSPS) is 11.3. The molecule has 0 amide bonds. The van der Waals surface area contributed by atoms with Crippen molar-refractivity contribution in [3.63, 3.8) is 0 Å².